The molecule has 2 aliphatic rings. The normalized spacial score (nSPS) is 33.5. The van der Waals surface area contributed by atoms with Crippen molar-refractivity contribution in [2.24, 2.45) is 16.7 Å². The summed E-state index contributed by atoms with van der Waals surface area (Å²) in [6.45, 7) is 4.68. The topological polar surface area (TPSA) is 69.7 Å². The molecule has 6 heteroatoms. The third kappa shape index (κ3) is 4.28. The predicted molar refractivity (Wildman–Crippen MR) is 108 cm³/mol. The summed E-state index contributed by atoms with van der Waals surface area (Å²) in [6, 6.07) is 9.12. The van der Waals surface area contributed by atoms with E-state index in [9.17, 15) is 13.2 Å². The molecular weight excluding hydrogens is 376 g/mol. The number of benzene rings is 1. The molecule has 0 bridgehead atoms. The lowest BCUT2D eigenvalue weighted by atomic mass is 9.54. The van der Waals surface area contributed by atoms with E-state index >= 15 is 0 Å². The Morgan fingerprint density at radius 1 is 1.04 bits per heavy atom. The van der Waals surface area contributed by atoms with Gasteiger partial charge in [0.05, 0.1) is 18.4 Å². The third-order valence-electron chi connectivity index (χ3n) is 7.32. The van der Waals surface area contributed by atoms with Crippen LogP contribution in [0, 0.1) is 16.7 Å². The minimum absolute atomic E-state index is 0.125. The molecule has 5 nitrogen and oxygen atoms in total. The van der Waals surface area contributed by atoms with Gasteiger partial charge < -0.3 is 4.74 Å². The quantitative estimate of drug-likeness (QED) is 0.509. The molecule has 2 saturated carbocycles. The number of hydrogen-bond donors (Lipinski definition) is 0. The average molecular weight is 409 g/mol. The van der Waals surface area contributed by atoms with E-state index in [-0.39, 0.29) is 35.4 Å². The molecular formula is C22H32O5S. The highest BCUT2D eigenvalue weighted by Crippen LogP contribution is 2.60. The Balaban J connectivity index is 1.82. The fourth-order valence-corrected chi connectivity index (χ4v) is 5.79. The summed E-state index contributed by atoms with van der Waals surface area (Å²) in [4.78, 5) is 12.7. The van der Waals surface area contributed by atoms with Gasteiger partial charge in [0.15, 0.2) is 0 Å². The van der Waals surface area contributed by atoms with Crippen LogP contribution < -0.4 is 0 Å². The second kappa shape index (κ2) is 8.15. The third-order valence-corrected chi connectivity index (χ3v) is 7.88. The summed E-state index contributed by atoms with van der Waals surface area (Å²) < 4.78 is 34.3. The van der Waals surface area contributed by atoms with E-state index in [4.69, 9.17) is 8.92 Å². The highest BCUT2D eigenvalue weighted by molar-refractivity contribution is 7.85. The van der Waals surface area contributed by atoms with E-state index in [2.05, 4.69) is 13.8 Å². The summed E-state index contributed by atoms with van der Waals surface area (Å²) in [5.74, 6) is -0.132. The SMILES string of the molecule is C[C@]1([C@@]2(C)CCCC[C@@H]2OC(=O)c2ccccc2)CCC[C@H]1COS(C)(=O)=O. The van der Waals surface area contributed by atoms with Crippen LogP contribution in [0.25, 0.3) is 0 Å². The Morgan fingerprint density at radius 2 is 1.71 bits per heavy atom. The van der Waals surface area contributed by atoms with Crippen molar-refractivity contribution in [3.05, 3.63) is 35.9 Å². The van der Waals surface area contributed by atoms with Crippen molar-refractivity contribution in [2.45, 2.75) is 64.9 Å². The molecule has 3 rings (SSSR count). The number of esters is 1. The fraction of sp³-hybridized carbons (Fsp3) is 0.682. The molecule has 0 heterocycles. The smallest absolute Gasteiger partial charge is 0.338 e. The number of hydrogen-bond acceptors (Lipinski definition) is 5. The molecule has 0 aliphatic heterocycles. The Bertz CT molecular complexity index is 790. The number of carbonyl (C=O) groups excluding carboxylic acids is 1. The molecule has 2 fully saturated rings. The molecule has 0 aromatic heterocycles. The van der Waals surface area contributed by atoms with Gasteiger partial charge in [0.2, 0.25) is 0 Å². The predicted octanol–water partition coefficient (Wildman–Crippen LogP) is 4.57. The van der Waals surface area contributed by atoms with Gasteiger partial charge in [-0.2, -0.15) is 8.42 Å². The van der Waals surface area contributed by atoms with Crippen molar-refractivity contribution in [3.63, 3.8) is 0 Å². The lowest BCUT2D eigenvalue weighted by molar-refractivity contribution is -0.114. The molecule has 0 unspecified atom stereocenters. The van der Waals surface area contributed by atoms with Gasteiger partial charge in [0, 0.05) is 5.41 Å². The van der Waals surface area contributed by atoms with Gasteiger partial charge in [-0.1, -0.05) is 44.9 Å². The van der Waals surface area contributed by atoms with Crippen LogP contribution in [0.3, 0.4) is 0 Å². The monoisotopic (exact) mass is 408 g/mol. The van der Waals surface area contributed by atoms with Crippen LogP contribution in [0.2, 0.25) is 0 Å². The van der Waals surface area contributed by atoms with E-state index < -0.39 is 10.1 Å². The zero-order valence-corrected chi connectivity index (χ0v) is 18.0. The Labute approximate surface area is 168 Å². The molecule has 1 aromatic rings. The van der Waals surface area contributed by atoms with Gasteiger partial charge in [-0.3, -0.25) is 4.18 Å². The molecule has 0 N–H and O–H groups in total. The lowest BCUT2D eigenvalue weighted by Crippen LogP contribution is -2.52. The molecule has 0 saturated heterocycles. The first-order valence-electron chi connectivity index (χ1n) is 10.3. The molecule has 1 aromatic carbocycles. The fourth-order valence-electron chi connectivity index (χ4n) is 5.38. The minimum atomic E-state index is -3.47. The second-order valence-corrected chi connectivity index (χ2v) is 10.6. The van der Waals surface area contributed by atoms with E-state index in [0.29, 0.717) is 5.56 Å². The largest absolute Gasteiger partial charge is 0.458 e. The van der Waals surface area contributed by atoms with E-state index in [0.717, 1.165) is 51.2 Å². The maximum absolute atomic E-state index is 12.7. The first-order valence-corrected chi connectivity index (χ1v) is 12.1. The summed E-state index contributed by atoms with van der Waals surface area (Å²) in [7, 11) is -3.47. The summed E-state index contributed by atoms with van der Waals surface area (Å²) in [5.41, 5.74) is 0.251. The van der Waals surface area contributed by atoms with E-state index in [1.165, 1.54) is 0 Å². The lowest BCUT2D eigenvalue weighted by Gasteiger charge is -2.53. The van der Waals surface area contributed by atoms with E-state index in [1.807, 2.05) is 18.2 Å². The van der Waals surface area contributed by atoms with Crippen LogP contribution in [0.15, 0.2) is 30.3 Å². The summed E-state index contributed by atoms with van der Waals surface area (Å²) in [5, 5.41) is 0. The van der Waals surface area contributed by atoms with Crippen LogP contribution in [0.4, 0.5) is 0 Å². The second-order valence-electron chi connectivity index (χ2n) is 8.92. The Kier molecular flexibility index (Phi) is 6.20. The molecule has 0 amide bonds. The first-order chi connectivity index (χ1) is 13.2. The highest BCUT2D eigenvalue weighted by atomic mass is 32.2. The van der Waals surface area contributed by atoms with Crippen LogP contribution in [-0.2, 0) is 19.0 Å². The van der Waals surface area contributed by atoms with Crippen LogP contribution >= 0.6 is 0 Å². The zero-order valence-electron chi connectivity index (χ0n) is 17.1. The van der Waals surface area contributed by atoms with Gasteiger partial charge in [0.25, 0.3) is 10.1 Å². The van der Waals surface area contributed by atoms with Crippen LogP contribution in [0.5, 0.6) is 0 Å². The molecule has 2 aliphatic carbocycles. The van der Waals surface area contributed by atoms with Crippen molar-refractivity contribution in [1.29, 1.82) is 0 Å². The van der Waals surface area contributed by atoms with E-state index in [1.54, 1.807) is 12.1 Å². The van der Waals surface area contributed by atoms with Crippen molar-refractivity contribution in [2.75, 3.05) is 12.9 Å². The van der Waals surface area contributed by atoms with Crippen molar-refractivity contribution >= 4 is 16.1 Å². The first kappa shape index (κ1) is 21.3. The maximum atomic E-state index is 12.7. The van der Waals surface area contributed by atoms with Crippen molar-refractivity contribution in [3.8, 4) is 0 Å². The maximum Gasteiger partial charge on any atom is 0.338 e. The molecule has 156 valence electrons. The molecule has 28 heavy (non-hydrogen) atoms. The number of carbonyl (C=O) groups is 1. The Hall–Kier alpha value is -1.40. The van der Waals surface area contributed by atoms with Gasteiger partial charge in [-0.15, -0.1) is 0 Å². The van der Waals surface area contributed by atoms with Gasteiger partial charge in [0.1, 0.15) is 6.10 Å². The molecule has 0 radical (unpaired) electrons. The van der Waals surface area contributed by atoms with Crippen molar-refractivity contribution in [1.82, 2.24) is 0 Å². The number of ether oxygens (including phenoxy) is 1. The Morgan fingerprint density at radius 3 is 2.39 bits per heavy atom. The zero-order chi connectivity index (χ0) is 20.4. The van der Waals surface area contributed by atoms with Crippen LogP contribution in [-0.4, -0.2) is 33.4 Å². The highest BCUT2D eigenvalue weighted by Gasteiger charge is 2.57. The number of rotatable bonds is 6. The summed E-state index contributed by atoms with van der Waals surface area (Å²) >= 11 is 0. The van der Waals surface area contributed by atoms with Gasteiger partial charge in [-0.25, -0.2) is 4.79 Å². The van der Waals surface area contributed by atoms with Gasteiger partial charge >= 0.3 is 5.97 Å². The standard InChI is InChI=1S/C22H32O5S/c1-21(15-9-12-18(21)16-26-28(3,24)25)22(2)14-8-7-13-19(22)27-20(23)17-10-5-4-6-11-17/h4-6,10-11,18-19H,7-9,12-16H2,1-3H3/t18-,19-,21-,22-/m0/s1. The van der Waals surface area contributed by atoms with Crippen molar-refractivity contribution < 1.29 is 22.1 Å². The molecule has 4 atom stereocenters. The molecule has 0 spiro atoms. The average Bonchev–Trinajstić information content (AvgIpc) is 3.04. The van der Waals surface area contributed by atoms with Gasteiger partial charge in [-0.05, 0) is 55.6 Å². The summed E-state index contributed by atoms with van der Waals surface area (Å²) in [6.07, 6.45) is 7.90. The minimum Gasteiger partial charge on any atom is -0.458 e. The van der Waals surface area contributed by atoms with Crippen LogP contribution in [0.1, 0.15) is 69.2 Å².